The van der Waals surface area contributed by atoms with Crippen molar-refractivity contribution in [1.82, 2.24) is 0 Å². The highest BCUT2D eigenvalue weighted by molar-refractivity contribution is 6.82. The Morgan fingerprint density at radius 3 is 1.68 bits per heavy atom. The normalized spacial score (nSPS) is 13.9. The molecule has 0 amide bonds. The smallest absolute Gasteiger partial charge is 0.267 e. The summed E-state index contributed by atoms with van der Waals surface area (Å²) in [6, 6.07) is 8.31. The van der Waals surface area contributed by atoms with Crippen LogP contribution in [0, 0.1) is 0 Å². The zero-order chi connectivity index (χ0) is 17.4. The van der Waals surface area contributed by atoms with Gasteiger partial charge in [-0.15, -0.1) is 0 Å². The monoisotopic (exact) mass is 318 g/mol. The van der Waals surface area contributed by atoms with E-state index in [9.17, 15) is 0 Å². The van der Waals surface area contributed by atoms with Gasteiger partial charge >= 0.3 is 0 Å². The van der Waals surface area contributed by atoms with Crippen LogP contribution >= 0.6 is 0 Å². The number of hydrogen-bond donors (Lipinski definition) is 0. The molecular weight excluding hydrogens is 284 g/mol. The van der Waals surface area contributed by atoms with E-state index in [2.05, 4.69) is 93.2 Å². The van der Waals surface area contributed by atoms with Crippen LogP contribution in [0.4, 0.5) is 0 Å². The van der Waals surface area contributed by atoms with Crippen molar-refractivity contribution in [2.45, 2.75) is 77.4 Å². The summed E-state index contributed by atoms with van der Waals surface area (Å²) >= 11 is 0. The molecule has 124 valence electrons. The van der Waals surface area contributed by atoms with Crippen LogP contribution in [0.25, 0.3) is 6.08 Å². The van der Waals surface area contributed by atoms with Gasteiger partial charge in [0, 0.05) is 0 Å². The lowest BCUT2D eigenvalue weighted by atomic mass is 10.2. The predicted molar refractivity (Wildman–Crippen MR) is 102 cm³/mol. The Labute approximate surface area is 138 Å². The van der Waals surface area contributed by atoms with Gasteiger partial charge in [-0.3, -0.25) is 0 Å². The average Bonchev–Trinajstić information content (AvgIpc) is 2.31. The van der Waals surface area contributed by atoms with Crippen molar-refractivity contribution in [1.29, 1.82) is 0 Å². The Morgan fingerprint density at radius 1 is 0.864 bits per heavy atom. The number of hydrogen-bond acceptors (Lipinski definition) is 1. The third-order valence-electron chi connectivity index (χ3n) is 4.53. The maximum atomic E-state index is 6.93. The van der Waals surface area contributed by atoms with Crippen LogP contribution in [0.15, 0.2) is 30.8 Å². The highest BCUT2D eigenvalue weighted by atomic mass is 28.4. The molecule has 0 aliphatic rings. The van der Waals surface area contributed by atoms with E-state index in [4.69, 9.17) is 4.43 Å². The van der Waals surface area contributed by atoms with Gasteiger partial charge < -0.3 is 4.43 Å². The molecule has 2 heteroatoms. The Hall–Kier alpha value is -1.02. The minimum atomic E-state index is -2.21. The Morgan fingerprint density at radius 2 is 1.32 bits per heavy atom. The molecule has 0 bridgehead atoms. The topological polar surface area (TPSA) is 9.23 Å². The molecule has 0 unspecified atom stereocenters. The van der Waals surface area contributed by atoms with Crippen molar-refractivity contribution in [3.63, 3.8) is 0 Å². The molecule has 1 aromatic carbocycles. The SMILES string of the molecule is C=Cc1cccc(O[Si](C(C)(C)C)(C(C)(C)C)C(C)(C)C)c1. The summed E-state index contributed by atoms with van der Waals surface area (Å²) < 4.78 is 6.93. The summed E-state index contributed by atoms with van der Waals surface area (Å²) in [4.78, 5) is 0. The first-order valence-electron chi connectivity index (χ1n) is 8.18. The van der Waals surface area contributed by atoms with Crippen LogP contribution in [0.1, 0.15) is 67.9 Å². The fourth-order valence-electron chi connectivity index (χ4n) is 4.72. The van der Waals surface area contributed by atoms with Gasteiger partial charge in [0.2, 0.25) is 0 Å². The van der Waals surface area contributed by atoms with E-state index in [-0.39, 0.29) is 15.1 Å². The molecule has 0 aliphatic carbocycles. The standard InChI is InChI=1S/C20H34OSi/c1-11-16-13-12-14-17(15-16)21-22(18(2,3)4,19(5,6)7)20(8,9)10/h11-15H,1H2,2-10H3. The predicted octanol–water partition coefficient (Wildman–Crippen LogP) is 7.05. The maximum absolute atomic E-state index is 6.93. The first-order chi connectivity index (χ1) is 9.76. The van der Waals surface area contributed by atoms with Gasteiger partial charge in [0.15, 0.2) is 0 Å². The molecule has 0 aromatic heterocycles. The number of rotatable bonds is 3. The van der Waals surface area contributed by atoms with Crippen molar-refractivity contribution in [3.05, 3.63) is 36.4 Å². The summed E-state index contributed by atoms with van der Waals surface area (Å²) in [7, 11) is -2.21. The van der Waals surface area contributed by atoms with Crippen LogP contribution in [-0.2, 0) is 0 Å². The van der Waals surface area contributed by atoms with Crippen molar-refractivity contribution in [2.75, 3.05) is 0 Å². The Bertz CT molecular complexity index is 488. The second kappa shape index (κ2) is 5.88. The Kier molecular flexibility index (Phi) is 5.09. The van der Waals surface area contributed by atoms with Gasteiger partial charge in [0.25, 0.3) is 8.32 Å². The second-order valence-corrected chi connectivity index (χ2v) is 15.4. The third kappa shape index (κ3) is 3.32. The molecule has 0 spiro atoms. The molecule has 0 saturated heterocycles. The zero-order valence-corrected chi connectivity index (χ0v) is 17.0. The quantitative estimate of drug-likeness (QED) is 0.542. The molecule has 0 fully saturated rings. The molecule has 0 heterocycles. The minimum absolute atomic E-state index is 0.119. The van der Waals surface area contributed by atoms with Crippen LogP contribution in [0.5, 0.6) is 5.75 Å². The van der Waals surface area contributed by atoms with E-state index in [1.54, 1.807) is 0 Å². The summed E-state index contributed by atoms with van der Waals surface area (Å²) in [6.07, 6.45) is 1.88. The van der Waals surface area contributed by atoms with Gasteiger partial charge in [-0.2, -0.15) is 0 Å². The average molecular weight is 319 g/mol. The molecular formula is C20H34OSi. The van der Waals surface area contributed by atoms with E-state index >= 15 is 0 Å². The van der Waals surface area contributed by atoms with Gasteiger partial charge in [-0.05, 0) is 32.8 Å². The fraction of sp³-hybridized carbons (Fsp3) is 0.600. The lowest BCUT2D eigenvalue weighted by Crippen LogP contribution is -2.63. The van der Waals surface area contributed by atoms with Crippen molar-refractivity contribution in [2.24, 2.45) is 0 Å². The van der Waals surface area contributed by atoms with Gasteiger partial charge in [-0.25, -0.2) is 0 Å². The van der Waals surface area contributed by atoms with E-state index in [1.165, 1.54) is 0 Å². The first kappa shape index (κ1) is 19.0. The van der Waals surface area contributed by atoms with Crippen LogP contribution < -0.4 is 4.43 Å². The minimum Gasteiger partial charge on any atom is -0.542 e. The number of benzene rings is 1. The molecule has 1 aromatic rings. The summed E-state index contributed by atoms with van der Waals surface area (Å²) in [6.45, 7) is 24.9. The van der Waals surface area contributed by atoms with Crippen LogP contribution in [0.3, 0.4) is 0 Å². The van der Waals surface area contributed by atoms with Crippen molar-refractivity contribution >= 4 is 14.4 Å². The van der Waals surface area contributed by atoms with Crippen molar-refractivity contribution in [3.8, 4) is 5.75 Å². The van der Waals surface area contributed by atoms with E-state index < -0.39 is 8.32 Å². The lowest BCUT2D eigenvalue weighted by molar-refractivity contribution is 0.373. The van der Waals surface area contributed by atoms with E-state index in [1.807, 2.05) is 6.08 Å². The molecule has 0 N–H and O–H groups in total. The van der Waals surface area contributed by atoms with Crippen LogP contribution in [-0.4, -0.2) is 8.32 Å². The molecule has 1 rings (SSSR count). The molecule has 0 atom stereocenters. The third-order valence-corrected chi connectivity index (χ3v) is 11.4. The molecule has 0 radical (unpaired) electrons. The van der Waals surface area contributed by atoms with E-state index in [0.29, 0.717) is 0 Å². The molecule has 0 saturated carbocycles. The maximum Gasteiger partial charge on any atom is 0.267 e. The van der Waals surface area contributed by atoms with Gasteiger partial charge in [0.1, 0.15) is 5.75 Å². The zero-order valence-electron chi connectivity index (χ0n) is 16.0. The molecule has 1 nitrogen and oxygen atoms in total. The summed E-state index contributed by atoms with van der Waals surface area (Å²) in [5, 5.41) is 0.356. The second-order valence-electron chi connectivity index (χ2n) is 9.31. The highest BCUT2D eigenvalue weighted by Crippen LogP contribution is 2.62. The largest absolute Gasteiger partial charge is 0.542 e. The molecule has 0 aliphatic heterocycles. The van der Waals surface area contributed by atoms with Crippen molar-refractivity contribution < 1.29 is 4.43 Å². The summed E-state index contributed by atoms with van der Waals surface area (Å²) in [5.41, 5.74) is 1.11. The Balaban J connectivity index is 3.53. The van der Waals surface area contributed by atoms with Gasteiger partial charge in [-0.1, -0.05) is 87.1 Å². The molecule has 22 heavy (non-hydrogen) atoms. The highest BCUT2D eigenvalue weighted by Gasteiger charge is 2.63. The first-order valence-corrected chi connectivity index (χ1v) is 10.1. The lowest BCUT2D eigenvalue weighted by Gasteiger charge is -2.57. The summed E-state index contributed by atoms with van der Waals surface area (Å²) in [5.74, 6) is 0.976. The van der Waals surface area contributed by atoms with Crippen LogP contribution in [0.2, 0.25) is 15.1 Å². The van der Waals surface area contributed by atoms with E-state index in [0.717, 1.165) is 11.3 Å². The fourth-order valence-corrected chi connectivity index (χ4v) is 12.9. The van der Waals surface area contributed by atoms with Gasteiger partial charge in [0.05, 0.1) is 0 Å².